The second-order valence-electron chi connectivity index (χ2n) is 6.00. The van der Waals surface area contributed by atoms with E-state index in [1.54, 1.807) is 6.92 Å². The van der Waals surface area contributed by atoms with E-state index in [2.05, 4.69) is 25.3 Å². The highest BCUT2D eigenvalue weighted by Gasteiger charge is 2.37. The second-order valence-corrected chi connectivity index (χ2v) is 8.71. The highest BCUT2D eigenvalue weighted by atomic mass is 35.6. The maximum Gasteiger partial charge on any atom is 0.409 e. The second kappa shape index (κ2) is 8.86. The van der Waals surface area contributed by atoms with Gasteiger partial charge < -0.3 is 20.6 Å². The molecule has 1 atom stereocenters. The third-order valence-corrected chi connectivity index (χ3v) is 4.82. The molecular weight excluding hydrogens is 500 g/mol. The molecule has 0 aliphatic carbocycles. The average Bonchev–Trinajstić information content (AvgIpc) is 3.23. The van der Waals surface area contributed by atoms with Crippen LogP contribution < -0.4 is 11.1 Å². The number of ether oxygens (including phenoxy) is 1. The number of nitrogen functional groups attached to an aromatic ring is 1. The van der Waals surface area contributed by atoms with Gasteiger partial charge in [-0.3, -0.25) is 9.88 Å². The van der Waals surface area contributed by atoms with Crippen LogP contribution in [-0.2, 0) is 11.3 Å². The Morgan fingerprint density at radius 2 is 2.10 bits per heavy atom. The van der Waals surface area contributed by atoms with Crippen molar-refractivity contribution in [2.24, 2.45) is 0 Å². The Labute approximate surface area is 193 Å². The molecule has 166 valence electrons. The van der Waals surface area contributed by atoms with Crippen molar-refractivity contribution >= 4 is 75.3 Å². The lowest BCUT2D eigenvalue weighted by Crippen LogP contribution is -2.40. The summed E-state index contributed by atoms with van der Waals surface area (Å²) in [5.74, 6) is 0.144. The number of aryl methyl sites for hydroxylation is 1. The van der Waals surface area contributed by atoms with E-state index in [1.807, 2.05) is 0 Å². The van der Waals surface area contributed by atoms with Crippen molar-refractivity contribution < 1.29 is 14.5 Å². The van der Waals surface area contributed by atoms with Gasteiger partial charge in [0.15, 0.2) is 23.5 Å². The molecule has 3 rings (SSSR count). The lowest BCUT2D eigenvalue weighted by atomic mass is 10.4. The molecule has 3 heterocycles. The largest absolute Gasteiger partial charge is 0.445 e. The van der Waals surface area contributed by atoms with Crippen molar-refractivity contribution in [3.05, 3.63) is 33.7 Å². The number of nitro groups is 1. The van der Waals surface area contributed by atoms with E-state index >= 15 is 0 Å². The van der Waals surface area contributed by atoms with Crippen LogP contribution in [0.1, 0.15) is 12.0 Å². The van der Waals surface area contributed by atoms with Crippen molar-refractivity contribution in [3.63, 3.8) is 0 Å². The Hall–Kier alpha value is -2.61. The van der Waals surface area contributed by atoms with Crippen LogP contribution in [0, 0.1) is 17.0 Å². The van der Waals surface area contributed by atoms with Crippen molar-refractivity contribution in [1.82, 2.24) is 34.4 Å². The molecule has 3 aromatic rings. The van der Waals surface area contributed by atoms with Crippen LogP contribution in [0.5, 0.6) is 0 Å². The zero-order valence-electron chi connectivity index (χ0n) is 15.5. The van der Waals surface area contributed by atoms with Crippen molar-refractivity contribution in [2.45, 2.75) is 23.4 Å². The van der Waals surface area contributed by atoms with Gasteiger partial charge in [0.25, 0.3) is 0 Å². The highest BCUT2D eigenvalue weighted by Crippen LogP contribution is 2.38. The first-order chi connectivity index (χ1) is 14.5. The molecule has 31 heavy (non-hydrogen) atoms. The average molecular weight is 513 g/mol. The number of imidazole rings is 2. The van der Waals surface area contributed by atoms with Crippen molar-refractivity contribution in [3.8, 4) is 0 Å². The first kappa shape index (κ1) is 23.1. The number of amides is 1. The monoisotopic (exact) mass is 511 g/mol. The minimum absolute atomic E-state index is 0.00306. The summed E-state index contributed by atoms with van der Waals surface area (Å²) < 4.78 is 5.53. The normalized spacial score (nSPS) is 12.7. The summed E-state index contributed by atoms with van der Waals surface area (Å²) >= 11 is 23.9. The minimum atomic E-state index is -2.06. The first-order valence-corrected chi connectivity index (χ1v) is 9.82. The van der Waals surface area contributed by atoms with Crippen LogP contribution in [0.2, 0.25) is 5.28 Å². The Morgan fingerprint density at radius 1 is 1.39 bits per heavy atom. The number of nitrogens with zero attached hydrogens (tertiary/aromatic N) is 7. The molecule has 0 aliphatic rings. The van der Waals surface area contributed by atoms with Gasteiger partial charge in [-0.25, -0.2) is 19.3 Å². The van der Waals surface area contributed by atoms with E-state index in [-0.39, 0.29) is 41.2 Å². The summed E-state index contributed by atoms with van der Waals surface area (Å²) in [5.41, 5.74) is 6.05. The van der Waals surface area contributed by atoms with Crippen LogP contribution in [0.15, 0.2) is 12.5 Å². The Kier molecular flexibility index (Phi) is 6.59. The fraction of sp³-hybridized carbons (Fsp3) is 0.357. The van der Waals surface area contributed by atoms with Crippen LogP contribution in [0.4, 0.5) is 16.4 Å². The molecule has 0 saturated carbocycles. The molecule has 0 spiro atoms. The molecule has 0 bridgehead atoms. The lowest BCUT2D eigenvalue weighted by Gasteiger charge is -2.26. The van der Waals surface area contributed by atoms with Gasteiger partial charge in [0.1, 0.15) is 24.9 Å². The number of alkyl carbamates (subject to hydrolysis) is 1. The van der Waals surface area contributed by atoms with Crippen LogP contribution in [0.25, 0.3) is 11.2 Å². The Bertz CT molecular complexity index is 1140. The molecule has 0 fully saturated rings. The van der Waals surface area contributed by atoms with Crippen molar-refractivity contribution in [1.29, 1.82) is 0 Å². The Morgan fingerprint density at radius 3 is 2.74 bits per heavy atom. The number of fused-ring (bicyclic) bond motifs is 1. The van der Waals surface area contributed by atoms with Gasteiger partial charge in [0.2, 0.25) is 9.08 Å². The molecule has 0 radical (unpaired) electrons. The third-order valence-electron chi connectivity index (χ3n) is 4.03. The molecule has 1 unspecified atom stereocenters. The number of carbonyl (C=O) groups excluding carboxylic acids is 1. The SMILES string of the molecule is Cc1ncc([N+](=O)[O-])n1CCOC(=O)NC(n1cnc2c(N)nc(Cl)nc21)C(Cl)(Cl)Cl. The number of hydrogen-bond acceptors (Lipinski definition) is 9. The quantitative estimate of drug-likeness (QED) is 0.218. The van der Waals surface area contributed by atoms with Crippen LogP contribution in [0.3, 0.4) is 0 Å². The number of nitrogens with one attached hydrogen (secondary N) is 1. The molecule has 0 aliphatic heterocycles. The van der Waals surface area contributed by atoms with E-state index in [9.17, 15) is 14.9 Å². The van der Waals surface area contributed by atoms with Gasteiger partial charge in [-0.2, -0.15) is 9.97 Å². The smallest absolute Gasteiger partial charge is 0.409 e. The summed E-state index contributed by atoms with van der Waals surface area (Å²) in [7, 11) is 0. The van der Waals surface area contributed by atoms with Crippen LogP contribution in [-0.4, -0.2) is 50.5 Å². The minimum Gasteiger partial charge on any atom is -0.445 e. The molecule has 1 amide bonds. The van der Waals surface area contributed by atoms with Gasteiger partial charge >= 0.3 is 11.9 Å². The van der Waals surface area contributed by atoms with E-state index < -0.39 is 21.0 Å². The maximum absolute atomic E-state index is 12.3. The molecule has 0 saturated heterocycles. The molecule has 3 aromatic heterocycles. The van der Waals surface area contributed by atoms with E-state index in [1.165, 1.54) is 15.5 Å². The fourth-order valence-electron chi connectivity index (χ4n) is 2.67. The number of aromatic nitrogens is 6. The van der Waals surface area contributed by atoms with Gasteiger partial charge in [0, 0.05) is 6.92 Å². The lowest BCUT2D eigenvalue weighted by molar-refractivity contribution is -0.392. The standard InChI is InChI=1S/C14H13Cl4N9O4/c1-6-20-4-7(27(29)30)25(6)2-3-31-13(28)24-11(14(16,17)18)26-5-21-8-9(19)22-12(15)23-10(8)26/h4-5,11H,2-3H2,1H3,(H,24,28)(H2,19,22,23). The maximum atomic E-state index is 12.3. The summed E-state index contributed by atoms with van der Waals surface area (Å²) in [5, 5.41) is 13.2. The van der Waals surface area contributed by atoms with Gasteiger partial charge in [0.05, 0.1) is 6.33 Å². The topological polar surface area (TPSA) is 169 Å². The van der Waals surface area contributed by atoms with E-state index in [0.717, 1.165) is 6.20 Å². The van der Waals surface area contributed by atoms with Gasteiger partial charge in [-0.1, -0.05) is 34.8 Å². The number of alkyl halides is 3. The van der Waals surface area contributed by atoms with Crippen molar-refractivity contribution in [2.75, 3.05) is 12.3 Å². The predicted molar refractivity (Wildman–Crippen MR) is 112 cm³/mol. The molecule has 13 nitrogen and oxygen atoms in total. The summed E-state index contributed by atoms with van der Waals surface area (Å²) in [6.45, 7) is 1.35. The van der Waals surface area contributed by atoms with Crippen LogP contribution >= 0.6 is 46.4 Å². The van der Waals surface area contributed by atoms with E-state index in [4.69, 9.17) is 56.9 Å². The third kappa shape index (κ3) is 5.01. The number of hydrogen-bond donors (Lipinski definition) is 2. The first-order valence-electron chi connectivity index (χ1n) is 8.31. The fourth-order valence-corrected chi connectivity index (χ4v) is 3.32. The molecular formula is C14H13Cl4N9O4. The van der Waals surface area contributed by atoms with Gasteiger partial charge in [-0.05, 0) is 16.5 Å². The zero-order chi connectivity index (χ0) is 22.9. The molecule has 17 heteroatoms. The summed E-state index contributed by atoms with van der Waals surface area (Å²) in [6.07, 6.45) is 0.0604. The number of rotatable bonds is 6. The Balaban J connectivity index is 1.75. The number of halogens is 4. The number of anilines is 1. The predicted octanol–water partition coefficient (Wildman–Crippen LogP) is 2.77. The summed E-state index contributed by atoms with van der Waals surface area (Å²) in [6, 6.07) is 0. The van der Waals surface area contributed by atoms with Gasteiger partial charge in [-0.15, -0.1) is 0 Å². The molecule has 0 aromatic carbocycles. The highest BCUT2D eigenvalue weighted by molar-refractivity contribution is 6.68. The molecule has 3 N–H and O–H groups in total. The summed E-state index contributed by atoms with van der Waals surface area (Å²) in [4.78, 5) is 38.4. The van der Waals surface area contributed by atoms with E-state index in [0.29, 0.717) is 5.82 Å². The zero-order valence-corrected chi connectivity index (χ0v) is 18.5. The number of carbonyl (C=O) groups is 1. The number of nitrogens with two attached hydrogens (primary N) is 1.